The summed E-state index contributed by atoms with van der Waals surface area (Å²) in [6, 6.07) is 7.95. The fourth-order valence-corrected chi connectivity index (χ4v) is 2.71. The summed E-state index contributed by atoms with van der Waals surface area (Å²) in [6.07, 6.45) is 5.53. The van der Waals surface area contributed by atoms with Crippen LogP contribution in [0.4, 0.5) is 5.82 Å². The summed E-state index contributed by atoms with van der Waals surface area (Å²) in [5.74, 6) is 0.860. The Morgan fingerprint density at radius 1 is 1.15 bits per heavy atom. The quantitative estimate of drug-likeness (QED) is 0.848. The molecule has 4 nitrogen and oxygen atoms in total. The molecule has 0 atom stereocenters. The minimum atomic E-state index is 0.473. The SMILES string of the molecule is Cc1nc2ccccc2nc1NCCOC1CCCC1. The molecule has 1 aliphatic carbocycles. The van der Waals surface area contributed by atoms with Gasteiger partial charge in [-0.3, -0.25) is 0 Å². The van der Waals surface area contributed by atoms with Crippen LogP contribution in [0.1, 0.15) is 31.4 Å². The smallest absolute Gasteiger partial charge is 0.148 e. The van der Waals surface area contributed by atoms with Gasteiger partial charge in [0.2, 0.25) is 0 Å². The van der Waals surface area contributed by atoms with Crippen LogP contribution in [0.3, 0.4) is 0 Å². The molecule has 0 amide bonds. The standard InChI is InChI=1S/C16H21N3O/c1-12-16(17-10-11-20-13-6-2-3-7-13)19-15-9-5-4-8-14(15)18-12/h4-5,8-9,13H,2-3,6-7,10-11H2,1H3,(H,17,19). The largest absolute Gasteiger partial charge is 0.376 e. The molecule has 0 spiro atoms. The monoisotopic (exact) mass is 271 g/mol. The number of hydrogen-bond donors (Lipinski definition) is 1. The minimum absolute atomic E-state index is 0.473. The van der Waals surface area contributed by atoms with E-state index in [1.807, 2.05) is 31.2 Å². The molecular formula is C16H21N3O. The summed E-state index contributed by atoms with van der Waals surface area (Å²) < 4.78 is 5.84. The number of ether oxygens (including phenoxy) is 1. The summed E-state index contributed by atoms with van der Waals surface area (Å²) in [7, 11) is 0. The number of rotatable bonds is 5. The van der Waals surface area contributed by atoms with E-state index in [4.69, 9.17) is 4.74 Å². The summed E-state index contributed by atoms with van der Waals surface area (Å²) in [4.78, 5) is 9.18. The predicted molar refractivity (Wildman–Crippen MR) is 81.0 cm³/mol. The van der Waals surface area contributed by atoms with Crippen molar-refractivity contribution in [1.82, 2.24) is 9.97 Å². The molecule has 4 heteroatoms. The highest BCUT2D eigenvalue weighted by Crippen LogP contribution is 2.20. The molecule has 0 aliphatic heterocycles. The molecule has 20 heavy (non-hydrogen) atoms. The van der Waals surface area contributed by atoms with Gasteiger partial charge in [-0.2, -0.15) is 0 Å². The van der Waals surface area contributed by atoms with Gasteiger partial charge in [0, 0.05) is 6.54 Å². The minimum Gasteiger partial charge on any atom is -0.376 e. The number of fused-ring (bicyclic) bond motifs is 1. The van der Waals surface area contributed by atoms with Crippen LogP contribution < -0.4 is 5.32 Å². The van der Waals surface area contributed by atoms with Crippen molar-refractivity contribution < 1.29 is 4.74 Å². The number of nitrogens with zero attached hydrogens (tertiary/aromatic N) is 2. The zero-order valence-electron chi connectivity index (χ0n) is 11.9. The Hall–Kier alpha value is -1.68. The van der Waals surface area contributed by atoms with Crippen molar-refractivity contribution in [3.05, 3.63) is 30.0 Å². The average Bonchev–Trinajstić information content (AvgIpc) is 2.97. The van der Waals surface area contributed by atoms with Crippen molar-refractivity contribution in [3.63, 3.8) is 0 Å². The topological polar surface area (TPSA) is 47.0 Å². The second kappa shape index (κ2) is 6.18. The highest BCUT2D eigenvalue weighted by Gasteiger charge is 2.14. The summed E-state index contributed by atoms with van der Waals surface area (Å²) in [5, 5.41) is 3.33. The van der Waals surface area contributed by atoms with Crippen LogP contribution in [0.25, 0.3) is 11.0 Å². The Labute approximate surface area is 119 Å². The third-order valence-electron chi connectivity index (χ3n) is 3.80. The zero-order valence-corrected chi connectivity index (χ0v) is 11.9. The normalized spacial score (nSPS) is 15.8. The maximum atomic E-state index is 5.84. The molecule has 0 radical (unpaired) electrons. The van der Waals surface area contributed by atoms with Gasteiger partial charge in [-0.05, 0) is 31.9 Å². The van der Waals surface area contributed by atoms with Crippen LogP contribution in [0, 0.1) is 6.92 Å². The second-order valence-electron chi connectivity index (χ2n) is 5.35. The molecule has 1 fully saturated rings. The van der Waals surface area contributed by atoms with Gasteiger partial charge in [-0.25, -0.2) is 9.97 Å². The summed E-state index contributed by atoms with van der Waals surface area (Å²) in [5.41, 5.74) is 2.81. The first-order chi connectivity index (χ1) is 9.83. The van der Waals surface area contributed by atoms with Crippen molar-refractivity contribution in [2.75, 3.05) is 18.5 Å². The number of aryl methyl sites for hydroxylation is 1. The van der Waals surface area contributed by atoms with Crippen molar-refractivity contribution >= 4 is 16.9 Å². The maximum absolute atomic E-state index is 5.84. The van der Waals surface area contributed by atoms with Crippen LogP contribution in [0.5, 0.6) is 0 Å². The van der Waals surface area contributed by atoms with E-state index < -0.39 is 0 Å². The number of anilines is 1. The van der Waals surface area contributed by atoms with E-state index in [0.717, 1.165) is 35.7 Å². The van der Waals surface area contributed by atoms with Crippen LogP contribution >= 0.6 is 0 Å². The molecule has 106 valence electrons. The summed E-state index contributed by atoms with van der Waals surface area (Å²) >= 11 is 0. The summed E-state index contributed by atoms with van der Waals surface area (Å²) in [6.45, 7) is 3.50. The molecule has 0 bridgehead atoms. The van der Waals surface area contributed by atoms with E-state index >= 15 is 0 Å². The number of para-hydroxylation sites is 2. The van der Waals surface area contributed by atoms with Gasteiger partial charge < -0.3 is 10.1 Å². The fourth-order valence-electron chi connectivity index (χ4n) is 2.71. The third kappa shape index (κ3) is 3.07. The van der Waals surface area contributed by atoms with E-state index in [9.17, 15) is 0 Å². The van der Waals surface area contributed by atoms with Crippen LogP contribution in [-0.2, 0) is 4.74 Å². The van der Waals surface area contributed by atoms with Crippen LogP contribution in [0.2, 0.25) is 0 Å². The van der Waals surface area contributed by atoms with E-state index in [-0.39, 0.29) is 0 Å². The second-order valence-corrected chi connectivity index (χ2v) is 5.35. The Bertz CT molecular complexity index is 579. The lowest BCUT2D eigenvalue weighted by molar-refractivity contribution is 0.0658. The highest BCUT2D eigenvalue weighted by molar-refractivity contribution is 5.76. The molecular weight excluding hydrogens is 250 g/mol. The number of aromatic nitrogens is 2. The Balaban J connectivity index is 1.57. The van der Waals surface area contributed by atoms with Crippen LogP contribution in [-0.4, -0.2) is 29.2 Å². The van der Waals surface area contributed by atoms with Crippen molar-refractivity contribution in [3.8, 4) is 0 Å². The Morgan fingerprint density at radius 2 is 1.85 bits per heavy atom. The molecule has 0 saturated heterocycles. The van der Waals surface area contributed by atoms with E-state index in [1.165, 1.54) is 25.7 Å². The van der Waals surface area contributed by atoms with E-state index in [1.54, 1.807) is 0 Å². The molecule has 1 heterocycles. The van der Waals surface area contributed by atoms with Gasteiger partial charge in [0.15, 0.2) is 0 Å². The molecule has 1 N–H and O–H groups in total. The van der Waals surface area contributed by atoms with Crippen molar-refractivity contribution in [2.45, 2.75) is 38.7 Å². The molecule has 0 unspecified atom stereocenters. The fraction of sp³-hybridized carbons (Fsp3) is 0.500. The van der Waals surface area contributed by atoms with Crippen molar-refractivity contribution in [2.24, 2.45) is 0 Å². The van der Waals surface area contributed by atoms with Gasteiger partial charge >= 0.3 is 0 Å². The first-order valence-electron chi connectivity index (χ1n) is 7.42. The van der Waals surface area contributed by atoms with Gasteiger partial charge in [0.1, 0.15) is 5.82 Å². The van der Waals surface area contributed by atoms with E-state index in [2.05, 4.69) is 15.3 Å². The molecule has 1 aliphatic rings. The van der Waals surface area contributed by atoms with Gasteiger partial charge in [-0.15, -0.1) is 0 Å². The molecule has 3 rings (SSSR count). The van der Waals surface area contributed by atoms with Gasteiger partial charge in [0.25, 0.3) is 0 Å². The molecule has 1 aromatic carbocycles. The first kappa shape index (κ1) is 13.3. The van der Waals surface area contributed by atoms with E-state index in [0.29, 0.717) is 6.10 Å². The lowest BCUT2D eigenvalue weighted by atomic mass is 10.3. The number of benzene rings is 1. The highest BCUT2D eigenvalue weighted by atomic mass is 16.5. The first-order valence-corrected chi connectivity index (χ1v) is 7.42. The number of hydrogen-bond acceptors (Lipinski definition) is 4. The predicted octanol–water partition coefficient (Wildman–Crippen LogP) is 3.31. The zero-order chi connectivity index (χ0) is 13.8. The number of nitrogens with one attached hydrogen (secondary N) is 1. The Kier molecular flexibility index (Phi) is 4.11. The molecule has 1 aromatic heterocycles. The van der Waals surface area contributed by atoms with Crippen LogP contribution in [0.15, 0.2) is 24.3 Å². The lowest BCUT2D eigenvalue weighted by Crippen LogP contribution is -2.16. The average molecular weight is 271 g/mol. The molecule has 2 aromatic rings. The third-order valence-corrected chi connectivity index (χ3v) is 3.80. The van der Waals surface area contributed by atoms with Gasteiger partial charge in [0.05, 0.1) is 29.4 Å². The maximum Gasteiger partial charge on any atom is 0.148 e. The van der Waals surface area contributed by atoms with Gasteiger partial charge in [-0.1, -0.05) is 25.0 Å². The Morgan fingerprint density at radius 3 is 2.60 bits per heavy atom. The van der Waals surface area contributed by atoms with Crippen molar-refractivity contribution in [1.29, 1.82) is 0 Å². The molecule has 1 saturated carbocycles. The lowest BCUT2D eigenvalue weighted by Gasteiger charge is -2.13.